The van der Waals surface area contributed by atoms with E-state index in [0.29, 0.717) is 51.3 Å². The Kier molecular flexibility index (Phi) is 5.05. The number of aryl methyl sites for hydroxylation is 1. The summed E-state index contributed by atoms with van der Waals surface area (Å²) in [4.78, 5) is 32.6. The molecule has 132 valence electrons. The van der Waals surface area contributed by atoms with Crippen molar-refractivity contribution < 1.29 is 14.7 Å². The van der Waals surface area contributed by atoms with Gasteiger partial charge in [-0.1, -0.05) is 0 Å². The first-order valence-corrected chi connectivity index (χ1v) is 8.67. The van der Waals surface area contributed by atoms with Crippen molar-refractivity contribution in [3.63, 3.8) is 0 Å². The molecular formula is C15H22ClN5O3. The Morgan fingerprint density at radius 2 is 2.21 bits per heavy atom. The summed E-state index contributed by atoms with van der Waals surface area (Å²) in [7, 11) is 0. The van der Waals surface area contributed by atoms with Gasteiger partial charge in [0.25, 0.3) is 0 Å². The van der Waals surface area contributed by atoms with Crippen LogP contribution in [0.1, 0.15) is 31.5 Å². The third-order valence-corrected chi connectivity index (χ3v) is 5.15. The molecule has 2 saturated heterocycles. The van der Waals surface area contributed by atoms with Gasteiger partial charge in [-0.2, -0.15) is 0 Å². The molecule has 0 saturated carbocycles. The van der Waals surface area contributed by atoms with Gasteiger partial charge in [-0.15, -0.1) is 5.10 Å². The van der Waals surface area contributed by atoms with Crippen LogP contribution >= 0.6 is 11.6 Å². The zero-order chi connectivity index (χ0) is 17.2. The summed E-state index contributed by atoms with van der Waals surface area (Å²) in [5, 5.41) is 15.7. The lowest BCUT2D eigenvalue weighted by Crippen LogP contribution is -2.51. The summed E-state index contributed by atoms with van der Waals surface area (Å²) in [6.45, 7) is 2.13. The highest BCUT2D eigenvalue weighted by atomic mass is 35.5. The third-order valence-electron chi connectivity index (χ3n) is 4.98. The van der Waals surface area contributed by atoms with Crippen LogP contribution in [0.2, 0.25) is 5.28 Å². The van der Waals surface area contributed by atoms with Gasteiger partial charge in [-0.25, -0.2) is 4.98 Å². The molecule has 0 radical (unpaired) electrons. The largest absolute Gasteiger partial charge is 0.395 e. The predicted molar refractivity (Wildman–Crippen MR) is 86.2 cm³/mol. The van der Waals surface area contributed by atoms with E-state index < -0.39 is 5.41 Å². The van der Waals surface area contributed by atoms with E-state index in [9.17, 15) is 9.59 Å². The van der Waals surface area contributed by atoms with Crippen LogP contribution in [-0.4, -0.2) is 74.7 Å². The number of piperidine rings is 1. The summed E-state index contributed by atoms with van der Waals surface area (Å²) in [5.41, 5.74) is -0.460. The van der Waals surface area contributed by atoms with Crippen LogP contribution in [0.4, 0.5) is 0 Å². The first-order chi connectivity index (χ1) is 11.5. The number of H-pyrrole nitrogens is 1. The number of β-amino-alcohol motifs (C(OH)–C–C–N with tert-alkyl or cyclic N) is 1. The Bertz CT molecular complexity index is 620. The van der Waals surface area contributed by atoms with Crippen LogP contribution < -0.4 is 0 Å². The molecule has 0 bridgehead atoms. The molecule has 2 aliphatic heterocycles. The summed E-state index contributed by atoms with van der Waals surface area (Å²) in [5.74, 6) is 0.691. The number of hydrogen-bond acceptors (Lipinski definition) is 5. The summed E-state index contributed by atoms with van der Waals surface area (Å²) < 4.78 is 0. The summed E-state index contributed by atoms with van der Waals surface area (Å²) >= 11 is 5.65. The van der Waals surface area contributed by atoms with E-state index in [1.165, 1.54) is 0 Å². The number of carbonyl (C=O) groups is 2. The maximum absolute atomic E-state index is 12.7. The molecule has 1 atom stereocenters. The second kappa shape index (κ2) is 7.06. The van der Waals surface area contributed by atoms with Gasteiger partial charge in [-0.05, 0) is 30.9 Å². The number of aliphatic hydroxyl groups is 1. The minimum absolute atomic E-state index is 0.0199. The van der Waals surface area contributed by atoms with Crippen molar-refractivity contribution >= 4 is 23.4 Å². The molecule has 1 aromatic heterocycles. The molecule has 1 spiro atoms. The van der Waals surface area contributed by atoms with Crippen LogP contribution in [0.15, 0.2) is 0 Å². The van der Waals surface area contributed by atoms with Crippen LogP contribution in [0.3, 0.4) is 0 Å². The number of amides is 2. The second-order valence-corrected chi connectivity index (χ2v) is 6.85. The summed E-state index contributed by atoms with van der Waals surface area (Å²) in [6.07, 6.45) is 3.20. The molecule has 3 rings (SSSR count). The number of hydrogen-bond donors (Lipinski definition) is 2. The second-order valence-electron chi connectivity index (χ2n) is 6.52. The predicted octanol–water partition coefficient (Wildman–Crippen LogP) is 0.224. The molecule has 2 amide bonds. The monoisotopic (exact) mass is 355 g/mol. The Morgan fingerprint density at radius 1 is 1.38 bits per heavy atom. The number of aromatic nitrogens is 3. The van der Waals surface area contributed by atoms with Gasteiger partial charge in [0.2, 0.25) is 17.1 Å². The number of nitrogens with zero attached hydrogens (tertiary/aromatic N) is 4. The van der Waals surface area contributed by atoms with Crippen LogP contribution in [0.25, 0.3) is 0 Å². The third kappa shape index (κ3) is 3.39. The molecule has 0 unspecified atom stereocenters. The van der Waals surface area contributed by atoms with E-state index in [-0.39, 0.29) is 23.7 Å². The highest BCUT2D eigenvalue weighted by molar-refractivity contribution is 6.28. The number of rotatable bonds is 5. The Balaban J connectivity index is 1.57. The van der Waals surface area contributed by atoms with Crippen LogP contribution in [0.5, 0.6) is 0 Å². The van der Waals surface area contributed by atoms with Crippen LogP contribution in [0, 0.1) is 5.41 Å². The van der Waals surface area contributed by atoms with Gasteiger partial charge in [-0.3, -0.25) is 14.7 Å². The number of aromatic amines is 1. The zero-order valence-electron chi connectivity index (χ0n) is 13.5. The van der Waals surface area contributed by atoms with E-state index in [4.69, 9.17) is 16.7 Å². The van der Waals surface area contributed by atoms with Gasteiger partial charge < -0.3 is 14.9 Å². The van der Waals surface area contributed by atoms with E-state index in [1.54, 1.807) is 9.80 Å². The fourth-order valence-electron chi connectivity index (χ4n) is 3.72. The lowest BCUT2D eigenvalue weighted by molar-refractivity contribution is -0.146. The molecule has 3 heterocycles. The van der Waals surface area contributed by atoms with E-state index in [2.05, 4.69) is 15.2 Å². The average molecular weight is 356 g/mol. The number of carbonyl (C=O) groups excluding carboxylic acids is 2. The highest BCUT2D eigenvalue weighted by Gasteiger charge is 2.49. The Hall–Kier alpha value is -1.67. The maximum Gasteiger partial charge on any atom is 0.242 e. The standard InChI is InChI=1S/C15H22ClN5O3/c16-14-17-11(18-19-14)2-3-12(23)21-7-5-15(10-21)4-1-6-20(8-9-22)13(15)24/h22H,1-10H2,(H,17,18,19)/t15-/m1/s1. The fraction of sp³-hybridized carbons (Fsp3) is 0.733. The van der Waals surface area contributed by atoms with Gasteiger partial charge >= 0.3 is 0 Å². The van der Waals surface area contributed by atoms with Crippen molar-refractivity contribution in [2.75, 3.05) is 32.8 Å². The molecular weight excluding hydrogens is 334 g/mol. The van der Waals surface area contributed by atoms with Crippen molar-refractivity contribution in [3.05, 3.63) is 11.1 Å². The van der Waals surface area contributed by atoms with Crippen LogP contribution in [-0.2, 0) is 16.0 Å². The van der Waals surface area contributed by atoms with Crippen molar-refractivity contribution in [1.29, 1.82) is 0 Å². The van der Waals surface area contributed by atoms with Gasteiger partial charge in [0, 0.05) is 39.0 Å². The molecule has 8 nitrogen and oxygen atoms in total. The fourth-order valence-corrected chi connectivity index (χ4v) is 3.86. The van der Waals surface area contributed by atoms with Crippen molar-refractivity contribution in [2.45, 2.75) is 32.1 Å². The maximum atomic E-state index is 12.7. The Morgan fingerprint density at radius 3 is 2.92 bits per heavy atom. The first kappa shape index (κ1) is 17.2. The molecule has 1 aromatic rings. The average Bonchev–Trinajstić information content (AvgIpc) is 3.17. The smallest absolute Gasteiger partial charge is 0.242 e. The molecule has 0 aromatic carbocycles. The van der Waals surface area contributed by atoms with Crippen molar-refractivity contribution in [3.8, 4) is 0 Å². The van der Waals surface area contributed by atoms with Gasteiger partial charge in [0.15, 0.2) is 0 Å². The summed E-state index contributed by atoms with van der Waals surface area (Å²) in [6, 6.07) is 0. The number of likely N-dealkylation sites (tertiary alicyclic amines) is 2. The quantitative estimate of drug-likeness (QED) is 0.786. The van der Waals surface area contributed by atoms with E-state index in [1.807, 2.05) is 0 Å². The van der Waals surface area contributed by atoms with Gasteiger partial charge in [0.1, 0.15) is 5.82 Å². The molecule has 24 heavy (non-hydrogen) atoms. The van der Waals surface area contributed by atoms with Gasteiger partial charge in [0.05, 0.1) is 12.0 Å². The topological polar surface area (TPSA) is 102 Å². The molecule has 2 aliphatic rings. The normalized spacial score (nSPS) is 24.2. The molecule has 2 N–H and O–H groups in total. The number of aliphatic hydroxyl groups excluding tert-OH is 1. The minimum Gasteiger partial charge on any atom is -0.395 e. The molecule has 0 aliphatic carbocycles. The minimum atomic E-state index is -0.460. The molecule has 9 heteroatoms. The Labute approximate surface area is 145 Å². The van der Waals surface area contributed by atoms with Crippen molar-refractivity contribution in [2.24, 2.45) is 5.41 Å². The van der Waals surface area contributed by atoms with Crippen molar-refractivity contribution in [1.82, 2.24) is 25.0 Å². The lowest BCUT2D eigenvalue weighted by Gasteiger charge is -2.39. The number of nitrogens with one attached hydrogen (secondary N) is 1. The van der Waals surface area contributed by atoms with E-state index in [0.717, 1.165) is 12.8 Å². The molecule has 2 fully saturated rings. The first-order valence-electron chi connectivity index (χ1n) is 8.29. The lowest BCUT2D eigenvalue weighted by atomic mass is 9.78. The highest BCUT2D eigenvalue weighted by Crippen LogP contribution is 2.40. The SMILES string of the molecule is O=C(CCc1nc(Cl)n[nH]1)N1CC[C@]2(CCCN(CCO)C2=O)C1. The number of halogens is 1. The zero-order valence-corrected chi connectivity index (χ0v) is 14.3. The van der Waals surface area contributed by atoms with E-state index >= 15 is 0 Å².